The van der Waals surface area contributed by atoms with E-state index in [2.05, 4.69) is 15.3 Å². The fourth-order valence-electron chi connectivity index (χ4n) is 3.67. The Hall–Kier alpha value is -2.70. The number of fused-ring (bicyclic) bond motifs is 1. The number of likely N-dealkylation sites (tertiary alicyclic amines) is 1. The minimum atomic E-state index is -0.173. The fourth-order valence-corrected chi connectivity index (χ4v) is 3.67. The molecule has 7 heteroatoms. The number of aromatic nitrogens is 2. The van der Waals surface area contributed by atoms with Gasteiger partial charge in [0.2, 0.25) is 5.91 Å². The lowest BCUT2D eigenvalue weighted by atomic mass is 9.96. The third kappa shape index (κ3) is 4.24. The van der Waals surface area contributed by atoms with Gasteiger partial charge in [0.25, 0.3) is 0 Å². The number of carbonyl (C=O) groups is 2. The van der Waals surface area contributed by atoms with Gasteiger partial charge in [0.1, 0.15) is 0 Å². The van der Waals surface area contributed by atoms with Crippen molar-refractivity contribution in [2.75, 3.05) is 31.5 Å². The number of carbonyl (C=O) groups excluding carboxylic acids is 2. The van der Waals surface area contributed by atoms with E-state index in [0.29, 0.717) is 31.9 Å². The summed E-state index contributed by atoms with van der Waals surface area (Å²) in [4.78, 5) is 38.1. The predicted octanol–water partition coefficient (Wildman–Crippen LogP) is 3.36. The van der Waals surface area contributed by atoms with Gasteiger partial charge in [-0.25, -0.2) is 14.8 Å². The van der Waals surface area contributed by atoms with Crippen LogP contribution in [-0.2, 0) is 4.79 Å². The Morgan fingerprint density at radius 2 is 1.82 bits per heavy atom. The van der Waals surface area contributed by atoms with Crippen LogP contribution in [-0.4, -0.2) is 57.9 Å². The zero-order valence-corrected chi connectivity index (χ0v) is 17.2. The van der Waals surface area contributed by atoms with Gasteiger partial charge in [-0.3, -0.25) is 4.79 Å². The number of urea groups is 1. The van der Waals surface area contributed by atoms with Gasteiger partial charge in [-0.05, 0) is 58.7 Å². The first-order valence-corrected chi connectivity index (χ1v) is 10.0. The number of hydrogen-bond donors (Lipinski definition) is 1. The molecule has 3 amide bonds. The summed E-state index contributed by atoms with van der Waals surface area (Å²) in [7, 11) is 0. The zero-order valence-electron chi connectivity index (χ0n) is 17.2. The van der Waals surface area contributed by atoms with Crippen molar-refractivity contribution in [3.63, 3.8) is 0 Å². The molecule has 1 unspecified atom stereocenters. The van der Waals surface area contributed by atoms with E-state index in [4.69, 9.17) is 0 Å². The number of hydrogen-bond acceptors (Lipinski definition) is 4. The molecule has 1 aromatic heterocycles. The van der Waals surface area contributed by atoms with Crippen LogP contribution in [0.4, 0.5) is 10.5 Å². The first-order valence-electron chi connectivity index (χ1n) is 10.0. The van der Waals surface area contributed by atoms with Crippen LogP contribution in [0.2, 0.25) is 0 Å². The minimum absolute atomic E-state index is 0.118. The van der Waals surface area contributed by atoms with Crippen LogP contribution in [0, 0.1) is 19.8 Å². The van der Waals surface area contributed by atoms with Crippen LogP contribution in [0.5, 0.6) is 0 Å². The zero-order chi connectivity index (χ0) is 20.3. The van der Waals surface area contributed by atoms with Crippen LogP contribution in [0.25, 0.3) is 11.0 Å². The largest absolute Gasteiger partial charge is 0.343 e. The van der Waals surface area contributed by atoms with E-state index in [9.17, 15) is 9.59 Å². The molecule has 1 saturated heterocycles. The first kappa shape index (κ1) is 20.0. The molecule has 2 aromatic rings. The molecule has 1 atom stereocenters. The highest BCUT2D eigenvalue weighted by molar-refractivity contribution is 5.92. The number of aryl methyl sites for hydroxylation is 2. The number of amides is 3. The van der Waals surface area contributed by atoms with E-state index in [1.165, 1.54) is 0 Å². The van der Waals surface area contributed by atoms with Crippen LogP contribution >= 0.6 is 0 Å². The lowest BCUT2D eigenvalue weighted by Gasteiger charge is -2.34. The average molecular weight is 383 g/mol. The Morgan fingerprint density at radius 1 is 1.14 bits per heavy atom. The number of rotatable bonds is 4. The Morgan fingerprint density at radius 3 is 2.50 bits per heavy atom. The standard InChI is InChI=1S/C21H29N5O2/c1-5-25(6-2)20(27)16-8-7-11-26(13-16)21(28)24-17-9-10-18-19(12-17)23-15(4)14(3)22-18/h9-10,12,16H,5-8,11,13H2,1-4H3,(H,24,28). The maximum Gasteiger partial charge on any atom is 0.321 e. The molecule has 0 aliphatic carbocycles. The summed E-state index contributed by atoms with van der Waals surface area (Å²) in [5, 5.41) is 2.95. The van der Waals surface area contributed by atoms with Crippen LogP contribution in [0.1, 0.15) is 38.1 Å². The van der Waals surface area contributed by atoms with Gasteiger partial charge in [-0.1, -0.05) is 0 Å². The topological polar surface area (TPSA) is 78.4 Å². The summed E-state index contributed by atoms with van der Waals surface area (Å²) in [6, 6.07) is 5.38. The molecule has 0 spiro atoms. The SMILES string of the molecule is CCN(CC)C(=O)C1CCCN(C(=O)Nc2ccc3nc(C)c(C)nc3c2)C1. The van der Waals surface area contributed by atoms with Crippen molar-refractivity contribution in [3.05, 3.63) is 29.6 Å². The fraction of sp³-hybridized carbons (Fsp3) is 0.524. The van der Waals surface area contributed by atoms with E-state index in [0.717, 1.165) is 35.3 Å². The molecule has 2 heterocycles. The van der Waals surface area contributed by atoms with Crippen molar-refractivity contribution in [3.8, 4) is 0 Å². The lowest BCUT2D eigenvalue weighted by molar-refractivity contribution is -0.136. The molecular weight excluding hydrogens is 354 g/mol. The van der Waals surface area contributed by atoms with E-state index >= 15 is 0 Å². The second-order valence-corrected chi connectivity index (χ2v) is 7.32. The second-order valence-electron chi connectivity index (χ2n) is 7.32. The summed E-state index contributed by atoms with van der Waals surface area (Å²) in [5.74, 6) is 0.0295. The van der Waals surface area contributed by atoms with Crippen molar-refractivity contribution in [2.45, 2.75) is 40.5 Å². The Labute approximate surface area is 166 Å². The molecule has 1 aromatic carbocycles. The maximum atomic E-state index is 12.8. The molecule has 28 heavy (non-hydrogen) atoms. The molecular formula is C21H29N5O2. The molecule has 150 valence electrons. The molecule has 1 aliphatic heterocycles. The van der Waals surface area contributed by atoms with E-state index < -0.39 is 0 Å². The first-order chi connectivity index (χ1) is 13.4. The van der Waals surface area contributed by atoms with Gasteiger partial charge >= 0.3 is 6.03 Å². The second kappa shape index (κ2) is 8.54. The Balaban J connectivity index is 1.69. The van der Waals surface area contributed by atoms with Crippen molar-refractivity contribution in [2.24, 2.45) is 5.92 Å². The van der Waals surface area contributed by atoms with E-state index in [-0.39, 0.29) is 17.9 Å². The monoisotopic (exact) mass is 383 g/mol. The summed E-state index contributed by atoms with van der Waals surface area (Å²) in [6.07, 6.45) is 1.68. The highest BCUT2D eigenvalue weighted by Crippen LogP contribution is 2.21. The number of benzene rings is 1. The maximum absolute atomic E-state index is 12.8. The molecule has 0 saturated carbocycles. The van der Waals surface area contributed by atoms with Crippen molar-refractivity contribution >= 4 is 28.7 Å². The van der Waals surface area contributed by atoms with Gasteiger partial charge in [0.05, 0.1) is 28.3 Å². The molecule has 1 aliphatic rings. The highest BCUT2D eigenvalue weighted by Gasteiger charge is 2.30. The van der Waals surface area contributed by atoms with Gasteiger partial charge in [0.15, 0.2) is 0 Å². The Bertz CT molecular complexity index is 878. The summed E-state index contributed by atoms with van der Waals surface area (Å²) in [5.41, 5.74) is 4.04. The van der Waals surface area contributed by atoms with Crippen LogP contribution in [0.15, 0.2) is 18.2 Å². The predicted molar refractivity (Wildman–Crippen MR) is 110 cm³/mol. The summed E-state index contributed by atoms with van der Waals surface area (Å²) >= 11 is 0. The Kier molecular flexibility index (Phi) is 6.11. The van der Waals surface area contributed by atoms with Crippen LogP contribution < -0.4 is 5.32 Å². The van der Waals surface area contributed by atoms with Gasteiger partial charge in [-0.2, -0.15) is 0 Å². The number of nitrogens with one attached hydrogen (secondary N) is 1. The normalized spacial score (nSPS) is 16.9. The van der Waals surface area contributed by atoms with Crippen molar-refractivity contribution in [1.82, 2.24) is 19.8 Å². The summed E-state index contributed by atoms with van der Waals surface area (Å²) < 4.78 is 0. The molecule has 1 N–H and O–H groups in total. The van der Waals surface area contributed by atoms with Gasteiger partial charge < -0.3 is 15.1 Å². The molecule has 7 nitrogen and oxygen atoms in total. The molecule has 1 fully saturated rings. The van der Waals surface area contributed by atoms with Gasteiger partial charge in [0, 0.05) is 31.9 Å². The number of anilines is 1. The highest BCUT2D eigenvalue weighted by atomic mass is 16.2. The van der Waals surface area contributed by atoms with Gasteiger partial charge in [-0.15, -0.1) is 0 Å². The van der Waals surface area contributed by atoms with E-state index in [1.807, 2.05) is 50.8 Å². The minimum Gasteiger partial charge on any atom is -0.343 e. The average Bonchev–Trinajstić information content (AvgIpc) is 2.70. The third-order valence-electron chi connectivity index (χ3n) is 5.46. The smallest absolute Gasteiger partial charge is 0.321 e. The molecule has 3 rings (SSSR count). The summed E-state index contributed by atoms with van der Waals surface area (Å²) in [6.45, 7) is 10.4. The molecule has 0 bridgehead atoms. The number of nitrogens with zero attached hydrogens (tertiary/aromatic N) is 4. The molecule has 0 radical (unpaired) electrons. The number of piperidine rings is 1. The van der Waals surface area contributed by atoms with Crippen molar-refractivity contribution < 1.29 is 9.59 Å². The lowest BCUT2D eigenvalue weighted by Crippen LogP contribution is -2.47. The quantitative estimate of drug-likeness (QED) is 0.878. The van der Waals surface area contributed by atoms with Crippen molar-refractivity contribution in [1.29, 1.82) is 0 Å². The van der Waals surface area contributed by atoms with Crippen LogP contribution in [0.3, 0.4) is 0 Å². The third-order valence-corrected chi connectivity index (χ3v) is 5.46. The van der Waals surface area contributed by atoms with E-state index in [1.54, 1.807) is 4.90 Å².